The summed E-state index contributed by atoms with van der Waals surface area (Å²) in [6.07, 6.45) is 13.8. The fourth-order valence-corrected chi connectivity index (χ4v) is 3.26. The minimum Gasteiger partial charge on any atom is -0.490 e. The zero-order chi connectivity index (χ0) is 22.3. The van der Waals surface area contributed by atoms with Crippen molar-refractivity contribution in [3.8, 4) is 23.0 Å². The van der Waals surface area contributed by atoms with Crippen molar-refractivity contribution in [3.05, 3.63) is 36.5 Å². The van der Waals surface area contributed by atoms with E-state index in [-0.39, 0.29) is 17.9 Å². The molecule has 5 heteroatoms. The highest BCUT2D eigenvalue weighted by molar-refractivity contribution is 5.74. The summed E-state index contributed by atoms with van der Waals surface area (Å²) in [5, 5.41) is 0. The predicted molar refractivity (Wildman–Crippen MR) is 125 cm³/mol. The summed E-state index contributed by atoms with van der Waals surface area (Å²) in [6, 6.07) is 9.86. The van der Waals surface area contributed by atoms with Crippen LogP contribution >= 0.6 is 0 Å². The highest BCUT2D eigenvalue weighted by atomic mass is 16.5. The minimum atomic E-state index is -0.315. The summed E-state index contributed by atoms with van der Waals surface area (Å²) >= 11 is 0. The zero-order valence-corrected chi connectivity index (χ0v) is 19.4. The summed E-state index contributed by atoms with van der Waals surface area (Å²) in [7, 11) is 0. The van der Waals surface area contributed by atoms with Crippen molar-refractivity contribution in [1.82, 2.24) is 9.97 Å². The van der Waals surface area contributed by atoms with Gasteiger partial charge in [-0.05, 0) is 12.8 Å². The number of rotatable bonds is 15. The van der Waals surface area contributed by atoms with E-state index in [1.165, 1.54) is 51.4 Å². The molecule has 1 aromatic heterocycles. The minimum absolute atomic E-state index is 0.0691. The second-order valence-corrected chi connectivity index (χ2v) is 8.14. The Labute approximate surface area is 187 Å². The lowest BCUT2D eigenvalue weighted by atomic mass is 10.1. The molecule has 2 rings (SSSR count). The zero-order valence-electron chi connectivity index (χ0n) is 19.4. The van der Waals surface area contributed by atoms with Crippen LogP contribution in [-0.2, 0) is 4.79 Å². The Morgan fingerprint density at radius 1 is 0.935 bits per heavy atom. The molecule has 0 saturated heterocycles. The number of aromatic nitrogens is 2. The van der Waals surface area contributed by atoms with Gasteiger partial charge in [0.05, 0.1) is 18.7 Å². The Morgan fingerprint density at radius 2 is 1.58 bits per heavy atom. The van der Waals surface area contributed by atoms with Crippen molar-refractivity contribution >= 4 is 5.97 Å². The van der Waals surface area contributed by atoms with Gasteiger partial charge >= 0.3 is 12.0 Å². The first-order valence-corrected chi connectivity index (χ1v) is 11.9. The van der Waals surface area contributed by atoms with Crippen LogP contribution in [0.4, 0.5) is 0 Å². The second-order valence-electron chi connectivity index (χ2n) is 8.14. The van der Waals surface area contributed by atoms with Gasteiger partial charge < -0.3 is 9.47 Å². The Hall–Kier alpha value is -2.43. The Kier molecular flexibility index (Phi) is 11.7. The van der Waals surface area contributed by atoms with Crippen LogP contribution in [0.5, 0.6) is 11.8 Å². The summed E-state index contributed by atoms with van der Waals surface area (Å²) in [4.78, 5) is 20.8. The molecule has 0 amide bonds. The van der Waals surface area contributed by atoms with E-state index in [4.69, 9.17) is 9.47 Å². The van der Waals surface area contributed by atoms with E-state index in [1.807, 2.05) is 44.2 Å². The number of nitrogens with zero attached hydrogens (tertiary/aromatic N) is 2. The fourth-order valence-electron chi connectivity index (χ4n) is 3.26. The van der Waals surface area contributed by atoms with Gasteiger partial charge in [0.25, 0.3) is 0 Å². The van der Waals surface area contributed by atoms with Crippen molar-refractivity contribution < 1.29 is 14.3 Å². The number of ether oxygens (including phenoxy) is 2. The number of benzene rings is 1. The maximum atomic E-state index is 12.1. The molecule has 0 aliphatic carbocycles. The molecular formula is C26H38N2O3. The van der Waals surface area contributed by atoms with Crippen LogP contribution in [0, 0.1) is 5.92 Å². The molecule has 0 fully saturated rings. The second kappa shape index (κ2) is 14.6. The maximum Gasteiger partial charge on any atom is 0.325 e. The van der Waals surface area contributed by atoms with Crippen LogP contribution < -0.4 is 9.47 Å². The van der Waals surface area contributed by atoms with E-state index < -0.39 is 0 Å². The third-order valence-electron chi connectivity index (χ3n) is 5.49. The lowest BCUT2D eigenvalue weighted by Crippen LogP contribution is -2.18. The quantitative estimate of drug-likeness (QED) is 0.226. The molecule has 0 spiro atoms. The molecule has 0 aliphatic rings. The van der Waals surface area contributed by atoms with Gasteiger partial charge in [0, 0.05) is 5.56 Å². The molecule has 2 aromatic rings. The number of carbonyl (C=O) groups is 1. The van der Waals surface area contributed by atoms with E-state index >= 15 is 0 Å². The van der Waals surface area contributed by atoms with E-state index in [9.17, 15) is 4.79 Å². The van der Waals surface area contributed by atoms with E-state index in [0.717, 1.165) is 12.0 Å². The van der Waals surface area contributed by atoms with Gasteiger partial charge in [-0.25, -0.2) is 0 Å². The summed E-state index contributed by atoms with van der Waals surface area (Å²) in [5.41, 5.74) is 1.56. The predicted octanol–water partition coefficient (Wildman–Crippen LogP) is 7.00. The molecule has 0 bridgehead atoms. The third kappa shape index (κ3) is 9.07. The molecule has 5 nitrogen and oxygen atoms in total. The molecule has 1 atom stereocenters. The van der Waals surface area contributed by atoms with E-state index in [1.54, 1.807) is 6.20 Å². The van der Waals surface area contributed by atoms with Crippen LogP contribution in [0.25, 0.3) is 11.3 Å². The van der Waals surface area contributed by atoms with Gasteiger partial charge in [0.15, 0.2) is 5.75 Å². The van der Waals surface area contributed by atoms with Gasteiger partial charge in [0.1, 0.15) is 5.69 Å². The molecule has 0 saturated carbocycles. The Bertz CT molecular complexity index is 765. The molecule has 170 valence electrons. The Balaban J connectivity index is 1.89. The molecule has 0 N–H and O–H groups in total. The molecule has 31 heavy (non-hydrogen) atoms. The molecule has 0 aliphatic heterocycles. The van der Waals surface area contributed by atoms with Crippen molar-refractivity contribution in [2.75, 3.05) is 6.61 Å². The van der Waals surface area contributed by atoms with Crippen LogP contribution in [0.1, 0.15) is 85.0 Å². The lowest BCUT2D eigenvalue weighted by Gasteiger charge is -2.13. The number of esters is 1. The van der Waals surface area contributed by atoms with Gasteiger partial charge in [-0.3, -0.25) is 4.79 Å². The normalized spacial score (nSPS) is 11.8. The highest BCUT2D eigenvalue weighted by Crippen LogP contribution is 2.29. The monoisotopic (exact) mass is 426 g/mol. The molecule has 1 aromatic carbocycles. The number of unbranched alkanes of at least 4 members (excludes halogenated alkanes) is 8. The topological polar surface area (TPSA) is 61.3 Å². The summed E-state index contributed by atoms with van der Waals surface area (Å²) in [6.45, 7) is 6.67. The SMILES string of the molecule is CCCCCCCCCCCOc1cnc(OC(=O)C(C)CC)nc1-c1ccccc1. The first-order chi connectivity index (χ1) is 15.2. The smallest absolute Gasteiger partial charge is 0.325 e. The molecule has 0 radical (unpaired) electrons. The first-order valence-electron chi connectivity index (χ1n) is 11.9. The van der Waals surface area contributed by atoms with Crippen molar-refractivity contribution in [3.63, 3.8) is 0 Å². The average Bonchev–Trinajstić information content (AvgIpc) is 2.80. The van der Waals surface area contributed by atoms with Crippen LogP contribution in [0.15, 0.2) is 36.5 Å². The number of hydrogen-bond donors (Lipinski definition) is 0. The first kappa shape index (κ1) is 24.8. The molecular weight excluding hydrogens is 388 g/mol. The average molecular weight is 427 g/mol. The maximum absolute atomic E-state index is 12.1. The van der Waals surface area contributed by atoms with Crippen LogP contribution in [-0.4, -0.2) is 22.5 Å². The molecule has 1 heterocycles. The molecule has 1 unspecified atom stereocenters. The fraction of sp³-hybridized carbons (Fsp3) is 0.577. The van der Waals surface area contributed by atoms with Crippen LogP contribution in [0.2, 0.25) is 0 Å². The largest absolute Gasteiger partial charge is 0.490 e. The van der Waals surface area contributed by atoms with Gasteiger partial charge in [-0.15, -0.1) is 0 Å². The van der Waals surface area contributed by atoms with Crippen molar-refractivity contribution in [1.29, 1.82) is 0 Å². The standard InChI is InChI=1S/C26H38N2O3/c1-4-6-7-8-9-10-11-12-16-19-30-23-20-27-26(31-25(29)21(3)5-2)28-24(23)22-17-14-13-15-18-22/h13-15,17-18,20-21H,4-12,16,19H2,1-3H3. The number of hydrogen-bond acceptors (Lipinski definition) is 5. The summed E-state index contributed by atoms with van der Waals surface area (Å²) in [5.74, 6) is 0.116. The van der Waals surface area contributed by atoms with Gasteiger partial charge in [0.2, 0.25) is 0 Å². The van der Waals surface area contributed by atoms with Crippen molar-refractivity contribution in [2.24, 2.45) is 5.92 Å². The summed E-state index contributed by atoms with van der Waals surface area (Å²) < 4.78 is 11.4. The lowest BCUT2D eigenvalue weighted by molar-refractivity contribution is -0.139. The van der Waals surface area contributed by atoms with Gasteiger partial charge in [-0.1, -0.05) is 102 Å². The third-order valence-corrected chi connectivity index (χ3v) is 5.49. The Morgan fingerprint density at radius 3 is 2.23 bits per heavy atom. The number of carbonyl (C=O) groups excluding carboxylic acids is 1. The van der Waals surface area contributed by atoms with Crippen LogP contribution in [0.3, 0.4) is 0 Å². The van der Waals surface area contributed by atoms with E-state index in [2.05, 4.69) is 16.9 Å². The highest BCUT2D eigenvalue weighted by Gasteiger charge is 2.17. The van der Waals surface area contributed by atoms with E-state index in [0.29, 0.717) is 24.5 Å². The van der Waals surface area contributed by atoms with Gasteiger partial charge in [-0.2, -0.15) is 9.97 Å². The van der Waals surface area contributed by atoms with Crippen molar-refractivity contribution in [2.45, 2.75) is 85.0 Å².